The lowest BCUT2D eigenvalue weighted by molar-refractivity contribution is -0.137. The average Bonchev–Trinajstić information content (AvgIpc) is 2.61. The van der Waals surface area contributed by atoms with Crippen LogP contribution in [-0.2, 0) is 23.8 Å². The summed E-state index contributed by atoms with van der Waals surface area (Å²) in [4.78, 5) is 24.3. The monoisotopic (exact) mass is 362 g/mol. The largest absolute Gasteiger partial charge is 0.416 e. The van der Waals surface area contributed by atoms with Gasteiger partial charge in [0.2, 0.25) is 5.91 Å². The Balaban J connectivity index is 1.56. The van der Waals surface area contributed by atoms with Crippen molar-refractivity contribution in [1.82, 2.24) is 10.6 Å². The van der Waals surface area contributed by atoms with Crippen molar-refractivity contribution in [2.75, 3.05) is 6.54 Å². The Bertz CT molecular complexity index is 834. The number of hydrogen-bond donors (Lipinski definition) is 2. The number of halogens is 3. The van der Waals surface area contributed by atoms with E-state index in [9.17, 15) is 22.8 Å². The van der Waals surface area contributed by atoms with E-state index in [-0.39, 0.29) is 24.8 Å². The fourth-order valence-electron chi connectivity index (χ4n) is 2.94. The molecule has 0 saturated carbocycles. The molecule has 2 amide bonds. The standard InChI is InChI=1S/C19H17F3N2O2/c20-19(21,22)14-6-3-4-12(10-14)8-9-23-18(26)16-11-13-5-1-2-7-15(13)17(25)24-16/h1-7,10,16H,8-9,11H2,(H,23,26)(H,24,25). The smallest absolute Gasteiger partial charge is 0.354 e. The second-order valence-electron chi connectivity index (χ2n) is 6.13. The first kappa shape index (κ1) is 18.0. The number of rotatable bonds is 4. The molecule has 4 nitrogen and oxygen atoms in total. The van der Waals surface area contributed by atoms with Gasteiger partial charge in [-0.15, -0.1) is 0 Å². The third kappa shape index (κ3) is 4.04. The zero-order chi connectivity index (χ0) is 18.7. The molecule has 0 radical (unpaired) electrons. The Labute approximate surface area is 148 Å². The van der Waals surface area contributed by atoms with Crippen LogP contribution in [-0.4, -0.2) is 24.4 Å². The van der Waals surface area contributed by atoms with Crippen molar-refractivity contribution in [2.45, 2.75) is 25.1 Å². The Morgan fingerprint density at radius 3 is 2.69 bits per heavy atom. The van der Waals surface area contributed by atoms with E-state index in [0.29, 0.717) is 17.5 Å². The van der Waals surface area contributed by atoms with E-state index < -0.39 is 17.8 Å². The Morgan fingerprint density at radius 2 is 1.92 bits per heavy atom. The van der Waals surface area contributed by atoms with Crippen LogP contribution in [0.2, 0.25) is 0 Å². The maximum Gasteiger partial charge on any atom is 0.416 e. The van der Waals surface area contributed by atoms with Gasteiger partial charge in [0, 0.05) is 18.5 Å². The van der Waals surface area contributed by atoms with Crippen molar-refractivity contribution in [2.24, 2.45) is 0 Å². The van der Waals surface area contributed by atoms with Gasteiger partial charge < -0.3 is 10.6 Å². The molecule has 1 atom stereocenters. The third-order valence-corrected chi connectivity index (χ3v) is 4.28. The molecule has 2 aromatic carbocycles. The number of nitrogens with one attached hydrogen (secondary N) is 2. The van der Waals surface area contributed by atoms with E-state index in [2.05, 4.69) is 10.6 Å². The van der Waals surface area contributed by atoms with Gasteiger partial charge in [-0.3, -0.25) is 9.59 Å². The summed E-state index contributed by atoms with van der Waals surface area (Å²) in [5, 5.41) is 5.33. The van der Waals surface area contributed by atoms with Crippen LogP contribution in [0.3, 0.4) is 0 Å². The van der Waals surface area contributed by atoms with E-state index in [0.717, 1.165) is 17.7 Å². The van der Waals surface area contributed by atoms with Crippen LogP contribution in [0.15, 0.2) is 48.5 Å². The van der Waals surface area contributed by atoms with Crippen LogP contribution in [0.1, 0.15) is 27.0 Å². The lowest BCUT2D eigenvalue weighted by Crippen LogP contribution is -2.51. The van der Waals surface area contributed by atoms with E-state index in [1.165, 1.54) is 6.07 Å². The Morgan fingerprint density at radius 1 is 1.15 bits per heavy atom. The van der Waals surface area contributed by atoms with Crippen LogP contribution < -0.4 is 10.6 Å². The predicted molar refractivity (Wildman–Crippen MR) is 89.6 cm³/mol. The lowest BCUT2D eigenvalue weighted by atomic mass is 9.95. The SMILES string of the molecule is O=C1NC(C(=O)NCCc2cccc(C(F)(F)F)c2)Cc2ccccc21. The normalized spacial score (nSPS) is 16.6. The molecule has 1 aliphatic heterocycles. The summed E-state index contributed by atoms with van der Waals surface area (Å²) in [6.07, 6.45) is -3.73. The summed E-state index contributed by atoms with van der Waals surface area (Å²) in [7, 11) is 0. The number of amides is 2. The number of benzene rings is 2. The number of alkyl halides is 3. The minimum Gasteiger partial charge on any atom is -0.354 e. The first-order valence-corrected chi connectivity index (χ1v) is 8.17. The minimum atomic E-state index is -4.39. The lowest BCUT2D eigenvalue weighted by Gasteiger charge is -2.24. The number of carbonyl (C=O) groups excluding carboxylic acids is 2. The zero-order valence-electron chi connectivity index (χ0n) is 13.8. The highest BCUT2D eigenvalue weighted by Crippen LogP contribution is 2.29. The summed E-state index contributed by atoms with van der Waals surface area (Å²) >= 11 is 0. The van der Waals surface area contributed by atoms with Gasteiger partial charge in [-0.2, -0.15) is 13.2 Å². The second-order valence-corrected chi connectivity index (χ2v) is 6.13. The molecular formula is C19H17F3N2O2. The molecule has 0 aliphatic carbocycles. The van der Waals surface area contributed by atoms with Gasteiger partial charge in [0.05, 0.1) is 5.56 Å². The van der Waals surface area contributed by atoms with Crippen molar-refractivity contribution in [3.8, 4) is 0 Å². The molecule has 2 aromatic rings. The van der Waals surface area contributed by atoms with Crippen molar-refractivity contribution in [3.63, 3.8) is 0 Å². The number of carbonyl (C=O) groups is 2. The van der Waals surface area contributed by atoms with E-state index >= 15 is 0 Å². The van der Waals surface area contributed by atoms with Crippen LogP contribution in [0.25, 0.3) is 0 Å². The molecule has 0 saturated heterocycles. The van der Waals surface area contributed by atoms with Crippen LogP contribution in [0.4, 0.5) is 13.2 Å². The van der Waals surface area contributed by atoms with Gasteiger partial charge >= 0.3 is 6.18 Å². The molecular weight excluding hydrogens is 345 g/mol. The highest BCUT2D eigenvalue weighted by atomic mass is 19.4. The van der Waals surface area contributed by atoms with Gasteiger partial charge in [-0.1, -0.05) is 36.4 Å². The van der Waals surface area contributed by atoms with E-state index in [1.807, 2.05) is 0 Å². The summed E-state index contributed by atoms with van der Waals surface area (Å²) in [5.41, 5.74) is 1.13. The van der Waals surface area contributed by atoms with E-state index in [4.69, 9.17) is 0 Å². The molecule has 26 heavy (non-hydrogen) atoms. The highest BCUT2D eigenvalue weighted by Gasteiger charge is 2.30. The molecule has 136 valence electrons. The van der Waals surface area contributed by atoms with Crippen molar-refractivity contribution < 1.29 is 22.8 Å². The Hall–Kier alpha value is -2.83. The molecule has 0 bridgehead atoms. The van der Waals surface area contributed by atoms with Gasteiger partial charge in [0.1, 0.15) is 6.04 Å². The van der Waals surface area contributed by atoms with Crippen molar-refractivity contribution >= 4 is 11.8 Å². The van der Waals surface area contributed by atoms with Crippen molar-refractivity contribution in [3.05, 3.63) is 70.8 Å². The third-order valence-electron chi connectivity index (χ3n) is 4.28. The minimum absolute atomic E-state index is 0.189. The number of fused-ring (bicyclic) bond motifs is 1. The molecule has 0 fully saturated rings. The van der Waals surface area contributed by atoms with Crippen LogP contribution >= 0.6 is 0 Å². The number of hydrogen-bond acceptors (Lipinski definition) is 2. The maximum absolute atomic E-state index is 12.7. The summed E-state index contributed by atoms with van der Waals surface area (Å²) in [6.45, 7) is 0.189. The van der Waals surface area contributed by atoms with Gasteiger partial charge in [-0.25, -0.2) is 0 Å². The summed E-state index contributed by atoms with van der Waals surface area (Å²) in [6, 6.07) is 11.4. The highest BCUT2D eigenvalue weighted by molar-refractivity contribution is 6.00. The summed E-state index contributed by atoms with van der Waals surface area (Å²) < 4.78 is 38.1. The molecule has 1 unspecified atom stereocenters. The van der Waals surface area contributed by atoms with Crippen LogP contribution in [0, 0.1) is 0 Å². The van der Waals surface area contributed by atoms with Gasteiger partial charge in [0.15, 0.2) is 0 Å². The quantitative estimate of drug-likeness (QED) is 0.879. The predicted octanol–water partition coefficient (Wildman–Crippen LogP) is 2.72. The van der Waals surface area contributed by atoms with Gasteiger partial charge in [-0.05, 0) is 29.7 Å². The first-order valence-electron chi connectivity index (χ1n) is 8.17. The molecule has 3 rings (SSSR count). The molecule has 1 heterocycles. The first-order chi connectivity index (χ1) is 12.3. The molecule has 1 aliphatic rings. The van der Waals surface area contributed by atoms with Gasteiger partial charge in [0.25, 0.3) is 5.91 Å². The molecule has 2 N–H and O–H groups in total. The molecule has 0 spiro atoms. The van der Waals surface area contributed by atoms with Crippen LogP contribution in [0.5, 0.6) is 0 Å². The Kier molecular flexibility index (Phi) is 4.97. The van der Waals surface area contributed by atoms with Crippen molar-refractivity contribution in [1.29, 1.82) is 0 Å². The fraction of sp³-hybridized carbons (Fsp3) is 0.263. The average molecular weight is 362 g/mol. The maximum atomic E-state index is 12.7. The fourth-order valence-corrected chi connectivity index (χ4v) is 2.94. The molecule has 0 aromatic heterocycles. The molecule has 7 heteroatoms. The topological polar surface area (TPSA) is 58.2 Å². The summed E-state index contributed by atoms with van der Waals surface area (Å²) in [5.74, 6) is -0.648. The second kappa shape index (κ2) is 7.19. The zero-order valence-corrected chi connectivity index (χ0v) is 13.8. The van der Waals surface area contributed by atoms with E-state index in [1.54, 1.807) is 30.3 Å².